The van der Waals surface area contributed by atoms with Crippen molar-refractivity contribution in [3.63, 3.8) is 0 Å². The van der Waals surface area contributed by atoms with Gasteiger partial charge in [0.2, 0.25) is 6.54 Å². The smallest absolute Gasteiger partial charge is 0.306 e. The number of hydrogen-bond acceptors (Lipinski definition) is 6. The molecule has 0 saturated heterocycles. The third-order valence-corrected chi connectivity index (χ3v) is 1.96. The van der Waals surface area contributed by atoms with Crippen LogP contribution in [0.15, 0.2) is 17.1 Å². The van der Waals surface area contributed by atoms with Crippen molar-refractivity contribution in [3.05, 3.63) is 28.5 Å². The molecule has 0 N–H and O–H groups in total. The molecule has 0 aliphatic rings. The van der Waals surface area contributed by atoms with Crippen LogP contribution in [0.4, 0.5) is 0 Å². The predicted octanol–water partition coefficient (Wildman–Crippen LogP) is 0.988. The zero-order chi connectivity index (χ0) is 12.0. The van der Waals surface area contributed by atoms with Crippen LogP contribution < -0.4 is 0 Å². The zero-order valence-corrected chi connectivity index (χ0v) is 8.79. The average Bonchev–Trinajstić information content (AvgIpc) is 2.68. The molecule has 1 unspecified atom stereocenters. The van der Waals surface area contributed by atoms with E-state index in [1.54, 1.807) is 6.92 Å². The van der Waals surface area contributed by atoms with Gasteiger partial charge in [-0.05, 0) is 6.92 Å². The van der Waals surface area contributed by atoms with Crippen molar-refractivity contribution in [2.24, 2.45) is 0 Å². The molecule has 0 aliphatic heterocycles. The fourth-order valence-electron chi connectivity index (χ4n) is 1.29. The Morgan fingerprint density at radius 1 is 1.75 bits per heavy atom. The van der Waals surface area contributed by atoms with Crippen LogP contribution in [0.2, 0.25) is 0 Å². The molecule has 0 saturated carbocycles. The van der Waals surface area contributed by atoms with Crippen LogP contribution in [0.25, 0.3) is 0 Å². The fraction of sp³-hybridized carbons (Fsp3) is 0.556. The average molecular weight is 228 g/mol. The minimum absolute atomic E-state index is 0.0681. The number of aromatic nitrogens is 1. The molecule has 88 valence electrons. The first kappa shape index (κ1) is 12.2. The van der Waals surface area contributed by atoms with Crippen molar-refractivity contribution < 1.29 is 18.9 Å². The first-order chi connectivity index (χ1) is 7.63. The van der Waals surface area contributed by atoms with E-state index in [1.807, 2.05) is 0 Å². The Morgan fingerprint density at radius 3 is 3.00 bits per heavy atom. The molecule has 0 amide bonds. The number of hydrogen-bond donors (Lipinski definition) is 0. The summed E-state index contributed by atoms with van der Waals surface area (Å²) < 4.78 is 9.46. The van der Waals surface area contributed by atoms with E-state index in [-0.39, 0.29) is 19.6 Å². The van der Waals surface area contributed by atoms with E-state index in [0.29, 0.717) is 5.69 Å². The van der Waals surface area contributed by atoms with Crippen molar-refractivity contribution >= 4 is 5.97 Å². The second-order valence-electron chi connectivity index (χ2n) is 3.13. The van der Waals surface area contributed by atoms with E-state index >= 15 is 0 Å². The van der Waals surface area contributed by atoms with Gasteiger partial charge in [-0.15, -0.1) is 0 Å². The molecule has 16 heavy (non-hydrogen) atoms. The van der Waals surface area contributed by atoms with Gasteiger partial charge in [0.05, 0.1) is 24.6 Å². The summed E-state index contributed by atoms with van der Waals surface area (Å²) in [4.78, 5) is 25.0. The van der Waals surface area contributed by atoms with Crippen LogP contribution in [-0.4, -0.2) is 29.0 Å². The highest BCUT2D eigenvalue weighted by molar-refractivity contribution is 5.70. The highest BCUT2D eigenvalue weighted by Gasteiger charge is 2.24. The van der Waals surface area contributed by atoms with Crippen molar-refractivity contribution in [1.29, 1.82) is 0 Å². The van der Waals surface area contributed by atoms with Gasteiger partial charge in [0.25, 0.3) is 0 Å². The maximum Gasteiger partial charge on any atom is 0.306 e. The predicted molar refractivity (Wildman–Crippen MR) is 52.4 cm³/mol. The number of oxazole rings is 1. The van der Waals surface area contributed by atoms with Gasteiger partial charge < -0.3 is 9.15 Å². The Kier molecular flexibility index (Phi) is 4.43. The number of nitro groups is 1. The van der Waals surface area contributed by atoms with E-state index in [9.17, 15) is 14.9 Å². The molecular formula is C9H12N2O5. The second-order valence-corrected chi connectivity index (χ2v) is 3.13. The molecule has 0 aromatic carbocycles. The van der Waals surface area contributed by atoms with Gasteiger partial charge in [-0.1, -0.05) is 0 Å². The molecule has 1 aromatic rings. The molecule has 7 nitrogen and oxygen atoms in total. The maximum absolute atomic E-state index is 11.2. The third-order valence-electron chi connectivity index (χ3n) is 1.96. The Labute approximate surface area is 91.6 Å². The summed E-state index contributed by atoms with van der Waals surface area (Å²) in [5.74, 6) is -1.08. The van der Waals surface area contributed by atoms with Crippen molar-refractivity contribution in [3.8, 4) is 0 Å². The van der Waals surface area contributed by atoms with Crippen LogP contribution >= 0.6 is 0 Å². The maximum atomic E-state index is 11.2. The summed E-state index contributed by atoms with van der Waals surface area (Å²) >= 11 is 0. The van der Waals surface area contributed by atoms with Crippen molar-refractivity contribution in [1.82, 2.24) is 4.98 Å². The lowest BCUT2D eigenvalue weighted by molar-refractivity contribution is -0.483. The third kappa shape index (κ3) is 3.68. The SMILES string of the molecule is CCOC(=O)CC(C[N+](=O)[O-])c1cocn1. The van der Waals surface area contributed by atoms with Gasteiger partial charge in [0.15, 0.2) is 6.39 Å². The summed E-state index contributed by atoms with van der Waals surface area (Å²) in [6, 6.07) is 0. The van der Waals surface area contributed by atoms with Gasteiger partial charge in [-0.25, -0.2) is 4.98 Å². The van der Waals surface area contributed by atoms with Gasteiger partial charge in [-0.3, -0.25) is 14.9 Å². The molecule has 1 rings (SSSR count). The second kappa shape index (κ2) is 5.84. The molecule has 1 aromatic heterocycles. The van der Waals surface area contributed by atoms with Crippen LogP contribution in [-0.2, 0) is 9.53 Å². The standard InChI is InChI=1S/C9H12N2O5/c1-2-16-9(12)3-7(4-11(13)14)8-5-15-6-10-8/h5-7H,2-4H2,1H3. The van der Waals surface area contributed by atoms with E-state index < -0.39 is 16.8 Å². The zero-order valence-electron chi connectivity index (χ0n) is 8.79. The lowest BCUT2D eigenvalue weighted by atomic mass is 10.0. The molecule has 0 bridgehead atoms. The minimum atomic E-state index is -0.604. The van der Waals surface area contributed by atoms with E-state index in [0.717, 1.165) is 0 Å². The topological polar surface area (TPSA) is 95.5 Å². The fourth-order valence-corrected chi connectivity index (χ4v) is 1.29. The van der Waals surface area contributed by atoms with Crippen molar-refractivity contribution in [2.75, 3.05) is 13.2 Å². The monoisotopic (exact) mass is 228 g/mol. The van der Waals surface area contributed by atoms with Gasteiger partial charge >= 0.3 is 5.97 Å². The molecule has 0 radical (unpaired) electrons. The van der Waals surface area contributed by atoms with Crippen LogP contribution in [0, 0.1) is 10.1 Å². The number of rotatable bonds is 6. The Bertz CT molecular complexity index is 349. The molecule has 7 heteroatoms. The Hall–Kier alpha value is -1.92. The summed E-state index contributed by atoms with van der Waals surface area (Å²) in [6.45, 7) is 1.56. The largest absolute Gasteiger partial charge is 0.466 e. The lowest BCUT2D eigenvalue weighted by Gasteiger charge is -2.08. The van der Waals surface area contributed by atoms with Gasteiger partial charge in [0.1, 0.15) is 6.26 Å². The first-order valence-electron chi connectivity index (χ1n) is 4.79. The molecule has 0 spiro atoms. The summed E-state index contributed by atoms with van der Waals surface area (Å²) in [6.07, 6.45) is 2.40. The number of esters is 1. The number of ether oxygens (including phenoxy) is 1. The number of carbonyl (C=O) groups excluding carboxylic acids is 1. The minimum Gasteiger partial charge on any atom is -0.466 e. The number of nitrogens with zero attached hydrogens (tertiary/aromatic N) is 2. The summed E-state index contributed by atoms with van der Waals surface area (Å²) in [7, 11) is 0. The Balaban J connectivity index is 2.65. The van der Waals surface area contributed by atoms with Crippen molar-refractivity contribution in [2.45, 2.75) is 19.3 Å². The highest BCUT2D eigenvalue weighted by atomic mass is 16.6. The number of carbonyl (C=O) groups is 1. The summed E-state index contributed by atoms with van der Waals surface area (Å²) in [5.41, 5.74) is 0.393. The van der Waals surface area contributed by atoms with E-state index in [4.69, 9.17) is 9.15 Å². The van der Waals surface area contributed by atoms with Crippen LogP contribution in [0.1, 0.15) is 25.0 Å². The highest BCUT2D eigenvalue weighted by Crippen LogP contribution is 2.18. The van der Waals surface area contributed by atoms with Crippen LogP contribution in [0.3, 0.4) is 0 Å². The molecular weight excluding hydrogens is 216 g/mol. The molecule has 1 atom stereocenters. The molecule has 0 aliphatic carbocycles. The van der Waals surface area contributed by atoms with E-state index in [2.05, 4.69) is 4.98 Å². The Morgan fingerprint density at radius 2 is 2.50 bits per heavy atom. The van der Waals surface area contributed by atoms with E-state index in [1.165, 1.54) is 12.7 Å². The molecule has 0 fully saturated rings. The van der Waals surface area contributed by atoms with Crippen LogP contribution in [0.5, 0.6) is 0 Å². The normalized spacial score (nSPS) is 12.1. The molecule has 1 heterocycles. The first-order valence-corrected chi connectivity index (χ1v) is 4.79. The van der Waals surface area contributed by atoms with Gasteiger partial charge in [0, 0.05) is 4.92 Å². The quantitative estimate of drug-likeness (QED) is 0.409. The van der Waals surface area contributed by atoms with Gasteiger partial charge in [-0.2, -0.15) is 0 Å². The lowest BCUT2D eigenvalue weighted by Crippen LogP contribution is -2.18. The summed E-state index contributed by atoms with van der Waals surface area (Å²) in [5, 5.41) is 10.4.